The lowest BCUT2D eigenvalue weighted by Gasteiger charge is -2.06. The number of fused-ring (bicyclic) bond motifs is 1. The average molecular weight is 342 g/mol. The molecule has 26 heavy (non-hydrogen) atoms. The minimum absolute atomic E-state index is 0.0797. The zero-order valence-corrected chi connectivity index (χ0v) is 13.2. The molecule has 0 aliphatic heterocycles. The lowest BCUT2D eigenvalue weighted by Crippen LogP contribution is -1.97. The van der Waals surface area contributed by atoms with E-state index in [1.54, 1.807) is 6.07 Å². The van der Waals surface area contributed by atoms with E-state index >= 15 is 0 Å². The van der Waals surface area contributed by atoms with Crippen LogP contribution in [0.5, 0.6) is 0 Å². The van der Waals surface area contributed by atoms with Crippen LogP contribution in [0.25, 0.3) is 33.5 Å². The largest absolute Gasteiger partial charge is 0.478 e. The van der Waals surface area contributed by atoms with E-state index in [9.17, 15) is 9.90 Å². The molecular weight excluding hydrogens is 332 g/mol. The predicted molar refractivity (Wildman–Crippen MR) is 92.0 cm³/mol. The second-order valence-corrected chi connectivity index (χ2v) is 5.41. The minimum atomic E-state index is -1.06. The first kappa shape index (κ1) is 15.4. The van der Waals surface area contributed by atoms with Crippen molar-refractivity contribution >= 4 is 17.0 Å². The van der Waals surface area contributed by atoms with Crippen LogP contribution in [0.1, 0.15) is 16.2 Å². The van der Waals surface area contributed by atoms with E-state index in [1.807, 2.05) is 30.3 Å². The minimum Gasteiger partial charge on any atom is -0.478 e. The van der Waals surface area contributed by atoms with E-state index in [2.05, 4.69) is 24.9 Å². The van der Waals surface area contributed by atoms with Crippen LogP contribution in [-0.4, -0.2) is 36.0 Å². The quantitative estimate of drug-likeness (QED) is 0.585. The number of rotatable bonds is 3. The third kappa shape index (κ3) is 2.53. The Balaban J connectivity index is 1.90. The van der Waals surface area contributed by atoms with Gasteiger partial charge in [0.2, 0.25) is 5.82 Å². The third-order valence-corrected chi connectivity index (χ3v) is 3.89. The Hall–Kier alpha value is -4.12. The van der Waals surface area contributed by atoms with Gasteiger partial charge in [0.05, 0.1) is 22.3 Å². The summed E-state index contributed by atoms with van der Waals surface area (Å²) in [5.74, 6) is -0.978. The van der Waals surface area contributed by atoms with E-state index < -0.39 is 5.97 Å². The maximum atomic E-state index is 11.5. The van der Waals surface area contributed by atoms with E-state index in [-0.39, 0.29) is 11.4 Å². The van der Waals surface area contributed by atoms with E-state index in [0.29, 0.717) is 28.0 Å². The third-order valence-electron chi connectivity index (χ3n) is 3.89. The summed E-state index contributed by atoms with van der Waals surface area (Å²) in [5, 5.41) is 18.8. The normalized spacial score (nSPS) is 10.6. The summed E-state index contributed by atoms with van der Waals surface area (Å²) < 4.78 is 0. The molecule has 8 heteroatoms. The van der Waals surface area contributed by atoms with Gasteiger partial charge in [-0.15, -0.1) is 0 Å². The molecule has 4 aromatic rings. The number of benzene rings is 1. The molecule has 3 heterocycles. The maximum absolute atomic E-state index is 11.5. The fraction of sp³-hybridized carbons (Fsp3) is 0. The molecule has 4 rings (SSSR count). The number of aromatic nitrogens is 5. The number of H-pyrrole nitrogens is 1. The van der Waals surface area contributed by atoms with Crippen LogP contribution >= 0.6 is 0 Å². The molecule has 2 N–H and O–H groups in total. The lowest BCUT2D eigenvalue weighted by atomic mass is 10.0. The van der Waals surface area contributed by atoms with Gasteiger partial charge in [0.25, 0.3) is 0 Å². The van der Waals surface area contributed by atoms with Gasteiger partial charge in [0.1, 0.15) is 18.0 Å². The Labute approximate surface area is 146 Å². The van der Waals surface area contributed by atoms with Crippen LogP contribution in [0.3, 0.4) is 0 Å². The summed E-state index contributed by atoms with van der Waals surface area (Å²) in [4.78, 5) is 30.8. The highest BCUT2D eigenvalue weighted by Gasteiger charge is 2.17. The molecule has 0 bridgehead atoms. The number of hydrogen-bond acceptors (Lipinski definition) is 6. The van der Waals surface area contributed by atoms with Gasteiger partial charge in [-0.1, -0.05) is 18.2 Å². The van der Waals surface area contributed by atoms with Crippen molar-refractivity contribution in [2.45, 2.75) is 0 Å². The van der Waals surface area contributed by atoms with E-state index in [0.717, 1.165) is 5.56 Å². The van der Waals surface area contributed by atoms with Crippen molar-refractivity contribution in [3.05, 3.63) is 60.4 Å². The SMILES string of the molecule is N#Cc1nccc(-c2cccc(-c3ncnc4[nH]cc(C(=O)O)c34)c2)n1. The molecule has 0 spiro atoms. The monoisotopic (exact) mass is 342 g/mol. The molecule has 0 radical (unpaired) electrons. The van der Waals surface area contributed by atoms with Crippen LogP contribution < -0.4 is 0 Å². The Kier molecular flexibility index (Phi) is 3.60. The van der Waals surface area contributed by atoms with Crippen molar-refractivity contribution < 1.29 is 9.90 Å². The van der Waals surface area contributed by atoms with Gasteiger partial charge < -0.3 is 10.1 Å². The first-order valence-electron chi connectivity index (χ1n) is 7.56. The summed E-state index contributed by atoms with van der Waals surface area (Å²) >= 11 is 0. The number of carbonyl (C=O) groups is 1. The smallest absolute Gasteiger partial charge is 0.338 e. The summed E-state index contributed by atoms with van der Waals surface area (Å²) in [6.07, 6.45) is 4.30. The van der Waals surface area contributed by atoms with Crippen molar-refractivity contribution in [2.75, 3.05) is 0 Å². The van der Waals surface area contributed by atoms with Crippen LogP contribution in [0, 0.1) is 11.3 Å². The molecule has 0 unspecified atom stereocenters. The van der Waals surface area contributed by atoms with Gasteiger partial charge >= 0.3 is 5.97 Å². The summed E-state index contributed by atoms with van der Waals surface area (Å²) in [6.45, 7) is 0. The predicted octanol–water partition coefficient (Wildman–Crippen LogP) is 2.65. The zero-order valence-electron chi connectivity index (χ0n) is 13.2. The summed E-state index contributed by atoms with van der Waals surface area (Å²) in [7, 11) is 0. The number of nitrogens with zero attached hydrogens (tertiary/aromatic N) is 5. The number of aromatic amines is 1. The molecule has 0 fully saturated rings. The van der Waals surface area contributed by atoms with Crippen molar-refractivity contribution in [3.8, 4) is 28.6 Å². The Morgan fingerprint density at radius 1 is 1.15 bits per heavy atom. The molecule has 0 saturated heterocycles. The fourth-order valence-corrected chi connectivity index (χ4v) is 2.75. The molecule has 0 atom stereocenters. The number of hydrogen-bond donors (Lipinski definition) is 2. The standard InChI is InChI=1S/C18H10N6O2/c19-7-14-20-5-4-13(24-14)10-2-1-3-11(6-10)16-15-12(18(25)26)8-21-17(15)23-9-22-16/h1-6,8-9H,(H,25,26)(H,21,22,23). The number of nitrogens with one attached hydrogen (secondary N) is 1. The van der Waals surface area contributed by atoms with Crippen LogP contribution in [0.4, 0.5) is 0 Å². The van der Waals surface area contributed by atoms with Gasteiger partial charge in [-0.2, -0.15) is 5.26 Å². The molecule has 0 aliphatic rings. The highest BCUT2D eigenvalue weighted by molar-refractivity contribution is 6.07. The summed E-state index contributed by atoms with van der Waals surface area (Å²) in [6, 6.07) is 10.9. The Morgan fingerprint density at radius 2 is 2.00 bits per heavy atom. The number of carboxylic acids is 1. The molecule has 0 aliphatic carbocycles. The second kappa shape index (κ2) is 6.07. The van der Waals surface area contributed by atoms with Gasteiger partial charge in [-0.05, 0) is 12.1 Å². The number of aromatic carboxylic acids is 1. The fourth-order valence-electron chi connectivity index (χ4n) is 2.75. The molecule has 1 aromatic carbocycles. The highest BCUT2D eigenvalue weighted by atomic mass is 16.4. The molecule has 124 valence electrons. The van der Waals surface area contributed by atoms with Gasteiger partial charge in [-0.3, -0.25) is 0 Å². The van der Waals surface area contributed by atoms with Crippen molar-refractivity contribution in [2.24, 2.45) is 0 Å². The van der Waals surface area contributed by atoms with Gasteiger partial charge in [-0.25, -0.2) is 24.7 Å². The van der Waals surface area contributed by atoms with Crippen molar-refractivity contribution in [1.29, 1.82) is 5.26 Å². The van der Waals surface area contributed by atoms with Gasteiger partial charge in [0.15, 0.2) is 0 Å². The summed E-state index contributed by atoms with van der Waals surface area (Å²) in [5.41, 5.74) is 3.14. The molecular formula is C18H10N6O2. The highest BCUT2D eigenvalue weighted by Crippen LogP contribution is 2.30. The van der Waals surface area contributed by atoms with Crippen LogP contribution in [-0.2, 0) is 0 Å². The van der Waals surface area contributed by atoms with E-state index in [1.165, 1.54) is 18.7 Å². The van der Waals surface area contributed by atoms with Crippen LogP contribution in [0.15, 0.2) is 49.1 Å². The maximum Gasteiger partial charge on any atom is 0.338 e. The Bertz CT molecular complexity index is 1190. The first-order valence-corrected chi connectivity index (χ1v) is 7.56. The molecule has 8 nitrogen and oxygen atoms in total. The average Bonchev–Trinajstić information content (AvgIpc) is 3.13. The Morgan fingerprint density at radius 3 is 2.81 bits per heavy atom. The van der Waals surface area contributed by atoms with Crippen molar-refractivity contribution in [1.82, 2.24) is 24.9 Å². The molecule has 3 aromatic heterocycles. The van der Waals surface area contributed by atoms with E-state index in [4.69, 9.17) is 5.26 Å². The van der Waals surface area contributed by atoms with Crippen LogP contribution in [0.2, 0.25) is 0 Å². The van der Waals surface area contributed by atoms with Gasteiger partial charge in [0, 0.05) is 23.5 Å². The number of nitriles is 1. The zero-order chi connectivity index (χ0) is 18.1. The first-order chi connectivity index (χ1) is 12.7. The lowest BCUT2D eigenvalue weighted by molar-refractivity contribution is 0.0699. The molecule has 0 saturated carbocycles. The molecule has 0 amide bonds. The topological polar surface area (TPSA) is 128 Å². The van der Waals surface area contributed by atoms with Crippen molar-refractivity contribution in [3.63, 3.8) is 0 Å². The second-order valence-electron chi connectivity index (χ2n) is 5.41. The number of carboxylic acid groups (broad SMARTS) is 1.